The number of hydrogen-bond donors (Lipinski definition) is 1. The van der Waals surface area contributed by atoms with Crippen molar-refractivity contribution in [3.05, 3.63) is 94.1 Å². The van der Waals surface area contributed by atoms with Gasteiger partial charge in [0.1, 0.15) is 5.71 Å². The van der Waals surface area contributed by atoms with Gasteiger partial charge in [0.25, 0.3) is 0 Å². The Morgan fingerprint density at radius 2 is 1.72 bits per heavy atom. The number of oxime groups is 1. The van der Waals surface area contributed by atoms with Gasteiger partial charge in [0.15, 0.2) is 6.10 Å². The number of aromatic nitrogens is 1. The van der Waals surface area contributed by atoms with Gasteiger partial charge in [0, 0.05) is 27.9 Å². The highest BCUT2D eigenvalue weighted by atomic mass is 35.5. The maximum absolute atomic E-state index is 6.03. The van der Waals surface area contributed by atoms with Crippen LogP contribution in [0.5, 0.6) is 0 Å². The van der Waals surface area contributed by atoms with Gasteiger partial charge in [-0.05, 0) is 48.2 Å². The fourth-order valence-corrected chi connectivity index (χ4v) is 4.14. The molecule has 3 nitrogen and oxygen atoms in total. The van der Waals surface area contributed by atoms with Gasteiger partial charge in [-0.3, -0.25) is 0 Å². The molecular formula is C25H21ClN2O. The summed E-state index contributed by atoms with van der Waals surface area (Å²) in [7, 11) is 0. The van der Waals surface area contributed by atoms with Crippen molar-refractivity contribution in [1.29, 1.82) is 0 Å². The van der Waals surface area contributed by atoms with Crippen molar-refractivity contribution < 1.29 is 4.84 Å². The Kier molecular flexibility index (Phi) is 4.40. The van der Waals surface area contributed by atoms with Gasteiger partial charge in [-0.1, -0.05) is 71.4 Å². The van der Waals surface area contributed by atoms with E-state index in [9.17, 15) is 0 Å². The van der Waals surface area contributed by atoms with Gasteiger partial charge in [-0.2, -0.15) is 0 Å². The zero-order valence-electron chi connectivity index (χ0n) is 16.4. The summed E-state index contributed by atoms with van der Waals surface area (Å²) >= 11 is 6.03. The van der Waals surface area contributed by atoms with Crippen LogP contribution in [0.3, 0.4) is 0 Å². The number of nitrogens with zero attached hydrogens (tertiary/aromatic N) is 1. The van der Waals surface area contributed by atoms with Gasteiger partial charge in [0.2, 0.25) is 0 Å². The third-order valence-electron chi connectivity index (χ3n) is 5.77. The number of aryl methyl sites for hydroxylation is 2. The van der Waals surface area contributed by atoms with Crippen LogP contribution < -0.4 is 0 Å². The number of rotatable bonds is 3. The first-order valence-corrected chi connectivity index (χ1v) is 10.2. The van der Waals surface area contributed by atoms with E-state index in [1.54, 1.807) is 0 Å². The van der Waals surface area contributed by atoms with Crippen molar-refractivity contribution in [3.63, 3.8) is 0 Å². The Balaban J connectivity index is 1.61. The summed E-state index contributed by atoms with van der Waals surface area (Å²) in [5.41, 5.74) is 9.12. The first-order valence-electron chi connectivity index (χ1n) is 9.77. The van der Waals surface area contributed by atoms with Crippen LogP contribution in [0, 0.1) is 13.8 Å². The predicted molar refractivity (Wildman–Crippen MR) is 120 cm³/mol. The number of benzene rings is 3. The Morgan fingerprint density at radius 3 is 2.48 bits per heavy atom. The summed E-state index contributed by atoms with van der Waals surface area (Å²) in [6.07, 6.45) is 0.618. The number of fused-ring (bicyclic) bond motifs is 1. The Bertz CT molecular complexity index is 1220. The predicted octanol–water partition coefficient (Wildman–Crippen LogP) is 6.97. The van der Waals surface area contributed by atoms with Crippen LogP contribution in [0.2, 0.25) is 5.02 Å². The number of nitrogens with one attached hydrogen (secondary N) is 1. The van der Waals surface area contributed by atoms with Crippen molar-refractivity contribution in [3.8, 4) is 11.1 Å². The molecule has 0 saturated heterocycles. The highest BCUT2D eigenvalue weighted by Crippen LogP contribution is 2.38. The standard InChI is InChI=1S/C25H21ClN2O/c1-15-8-13-20-23(18-6-4-3-5-7-18)25(27-24(20)16(15)2)21-14-22(29-28-21)17-9-11-19(26)12-10-17/h3-13,22,27H,14H2,1-2H3. The smallest absolute Gasteiger partial charge is 0.158 e. The second kappa shape index (κ2) is 7.09. The summed E-state index contributed by atoms with van der Waals surface area (Å²) in [6.45, 7) is 4.31. The molecule has 4 aromatic rings. The van der Waals surface area contributed by atoms with Gasteiger partial charge in [-0.15, -0.1) is 0 Å². The van der Waals surface area contributed by atoms with E-state index in [0.29, 0.717) is 6.42 Å². The van der Waals surface area contributed by atoms with E-state index >= 15 is 0 Å². The summed E-state index contributed by atoms with van der Waals surface area (Å²) < 4.78 is 0. The SMILES string of the molecule is Cc1ccc2c(-c3ccccc3)c(C3=NOC(c4ccc(Cl)cc4)C3)[nH]c2c1C. The summed E-state index contributed by atoms with van der Waals surface area (Å²) in [5, 5.41) is 6.41. The largest absolute Gasteiger partial charge is 0.387 e. The molecule has 1 aliphatic heterocycles. The van der Waals surface area contributed by atoms with Crippen LogP contribution in [-0.2, 0) is 4.84 Å². The molecule has 0 amide bonds. The third kappa shape index (κ3) is 3.12. The van der Waals surface area contributed by atoms with Crippen LogP contribution in [-0.4, -0.2) is 10.7 Å². The van der Waals surface area contributed by atoms with E-state index in [4.69, 9.17) is 16.4 Å². The lowest BCUT2D eigenvalue weighted by molar-refractivity contribution is 0.0857. The average Bonchev–Trinajstić information content (AvgIpc) is 3.37. The van der Waals surface area contributed by atoms with Crippen molar-refractivity contribution in [2.75, 3.05) is 0 Å². The molecule has 0 spiro atoms. The van der Waals surface area contributed by atoms with E-state index in [1.165, 1.54) is 27.6 Å². The van der Waals surface area contributed by atoms with E-state index in [2.05, 4.69) is 60.4 Å². The quantitative estimate of drug-likeness (QED) is 0.396. The minimum atomic E-state index is -0.0971. The molecule has 0 bridgehead atoms. The van der Waals surface area contributed by atoms with Crippen molar-refractivity contribution in [2.24, 2.45) is 5.16 Å². The highest BCUT2D eigenvalue weighted by molar-refractivity contribution is 6.30. The zero-order valence-corrected chi connectivity index (χ0v) is 17.1. The van der Waals surface area contributed by atoms with E-state index < -0.39 is 0 Å². The van der Waals surface area contributed by atoms with Crippen LogP contribution in [0.15, 0.2) is 71.9 Å². The Labute approximate surface area is 175 Å². The molecular weight excluding hydrogens is 380 g/mol. The van der Waals surface area contributed by atoms with Gasteiger partial charge < -0.3 is 9.82 Å². The average molecular weight is 401 g/mol. The summed E-state index contributed by atoms with van der Waals surface area (Å²) in [6, 6.07) is 22.7. The Hall–Kier alpha value is -3.04. The van der Waals surface area contributed by atoms with Crippen LogP contribution in [0.1, 0.15) is 34.9 Å². The number of H-pyrrole nitrogens is 1. The first kappa shape index (κ1) is 18.0. The van der Waals surface area contributed by atoms with Crippen LogP contribution in [0.4, 0.5) is 0 Å². The first-order chi connectivity index (χ1) is 14.1. The minimum Gasteiger partial charge on any atom is -0.387 e. The van der Waals surface area contributed by atoms with Crippen molar-refractivity contribution in [1.82, 2.24) is 4.98 Å². The Morgan fingerprint density at radius 1 is 0.966 bits per heavy atom. The maximum atomic E-state index is 6.03. The van der Waals surface area contributed by atoms with E-state index in [1.807, 2.05) is 30.3 Å². The fourth-order valence-electron chi connectivity index (χ4n) is 4.01. The monoisotopic (exact) mass is 400 g/mol. The van der Waals surface area contributed by atoms with E-state index in [0.717, 1.165) is 27.5 Å². The molecule has 5 rings (SSSR count). The lowest BCUT2D eigenvalue weighted by Gasteiger charge is -2.08. The summed E-state index contributed by atoms with van der Waals surface area (Å²) in [5.74, 6) is 0. The third-order valence-corrected chi connectivity index (χ3v) is 6.02. The minimum absolute atomic E-state index is 0.0971. The van der Waals surface area contributed by atoms with Crippen molar-refractivity contribution in [2.45, 2.75) is 26.4 Å². The highest BCUT2D eigenvalue weighted by Gasteiger charge is 2.28. The van der Waals surface area contributed by atoms with Gasteiger partial charge >= 0.3 is 0 Å². The molecule has 4 heteroatoms. The number of halogens is 1. The van der Waals surface area contributed by atoms with Crippen LogP contribution >= 0.6 is 11.6 Å². The number of aromatic amines is 1. The summed E-state index contributed by atoms with van der Waals surface area (Å²) in [4.78, 5) is 9.47. The molecule has 29 heavy (non-hydrogen) atoms. The normalized spacial score (nSPS) is 16.1. The molecule has 1 aromatic heterocycles. The fraction of sp³-hybridized carbons (Fsp3) is 0.160. The molecule has 1 unspecified atom stereocenters. The molecule has 3 aromatic carbocycles. The number of hydrogen-bond acceptors (Lipinski definition) is 2. The molecule has 1 N–H and O–H groups in total. The molecule has 0 fully saturated rings. The second-order valence-corrected chi connectivity index (χ2v) is 8.00. The lowest BCUT2D eigenvalue weighted by Crippen LogP contribution is -2.03. The van der Waals surface area contributed by atoms with Gasteiger partial charge in [-0.25, -0.2) is 0 Å². The molecule has 0 radical (unpaired) electrons. The zero-order chi connectivity index (χ0) is 20.0. The molecule has 1 aliphatic rings. The van der Waals surface area contributed by atoms with Crippen molar-refractivity contribution >= 4 is 28.2 Å². The molecule has 2 heterocycles. The molecule has 1 atom stereocenters. The topological polar surface area (TPSA) is 37.4 Å². The van der Waals surface area contributed by atoms with Crippen LogP contribution in [0.25, 0.3) is 22.0 Å². The molecule has 0 aliphatic carbocycles. The lowest BCUT2D eigenvalue weighted by atomic mass is 9.96. The molecule has 0 saturated carbocycles. The second-order valence-electron chi connectivity index (χ2n) is 7.56. The van der Waals surface area contributed by atoms with E-state index in [-0.39, 0.29) is 6.10 Å². The van der Waals surface area contributed by atoms with Gasteiger partial charge in [0.05, 0.1) is 5.69 Å². The molecule has 144 valence electrons. The maximum Gasteiger partial charge on any atom is 0.158 e.